The van der Waals surface area contributed by atoms with E-state index in [9.17, 15) is 4.79 Å². The number of aryl methyl sites for hydroxylation is 2. The van der Waals surface area contributed by atoms with E-state index in [1.807, 2.05) is 5.38 Å². The second kappa shape index (κ2) is 6.23. The predicted molar refractivity (Wildman–Crippen MR) is 96.2 cm³/mol. The topological polar surface area (TPSA) is 68.0 Å². The largest absolute Gasteiger partial charge is 0.317 e. The Kier molecular flexibility index (Phi) is 4.45. The monoisotopic (exact) mass is 349 g/mol. The number of anilines is 1. The summed E-state index contributed by atoms with van der Waals surface area (Å²) in [7, 11) is 0. The van der Waals surface area contributed by atoms with Gasteiger partial charge in [0.25, 0.3) is 0 Å². The Morgan fingerprint density at radius 1 is 1.22 bits per heavy atom. The Bertz CT molecular complexity index is 739. The van der Waals surface area contributed by atoms with Crippen LogP contribution in [0.15, 0.2) is 23.6 Å². The van der Waals surface area contributed by atoms with Crippen LogP contribution in [0.4, 0.5) is 5.13 Å². The zero-order valence-corrected chi connectivity index (χ0v) is 14.4. The maximum Gasteiger partial charge on any atom is 0.246 e. The van der Waals surface area contributed by atoms with Crippen molar-refractivity contribution in [1.29, 1.82) is 0 Å². The van der Waals surface area contributed by atoms with Gasteiger partial charge in [0.2, 0.25) is 5.91 Å². The average Bonchev–Trinajstić information content (AvgIpc) is 3.12. The fraction of sp³-hybridized carbons (Fsp3) is 0.412. The van der Waals surface area contributed by atoms with E-state index < -0.39 is 5.54 Å². The predicted octanol–water partition coefficient (Wildman–Crippen LogP) is 3.54. The number of fused-ring (bicyclic) bond motifs is 1. The van der Waals surface area contributed by atoms with Gasteiger partial charge in [-0.05, 0) is 55.7 Å². The number of thiazole rings is 1. The number of hydrogen-bond donors (Lipinski definition) is 2. The maximum atomic E-state index is 12.0. The standard InChI is InChI=1S/C17H19N3OS.ClH/c18-17(7-8-17)15(21)20-16-19-14(10-22-16)13-6-5-11-3-1-2-4-12(11)9-13;/h5-6,9-10H,1-4,7-8,18H2,(H,19,20,21);1H. The van der Waals surface area contributed by atoms with Crippen LogP contribution in [0.25, 0.3) is 11.3 Å². The molecule has 0 spiro atoms. The minimum atomic E-state index is -0.655. The minimum absolute atomic E-state index is 0. The summed E-state index contributed by atoms with van der Waals surface area (Å²) in [4.78, 5) is 16.5. The molecule has 4 rings (SSSR count). The molecule has 2 aliphatic rings. The molecule has 0 bridgehead atoms. The lowest BCUT2D eigenvalue weighted by molar-refractivity contribution is -0.118. The van der Waals surface area contributed by atoms with Crippen molar-refractivity contribution >= 4 is 34.8 Å². The smallest absolute Gasteiger partial charge is 0.246 e. The molecule has 1 saturated carbocycles. The Labute approximate surface area is 145 Å². The van der Waals surface area contributed by atoms with Gasteiger partial charge < -0.3 is 11.1 Å². The molecule has 1 aromatic heterocycles. The highest BCUT2D eigenvalue weighted by atomic mass is 35.5. The van der Waals surface area contributed by atoms with Crippen molar-refractivity contribution < 1.29 is 4.79 Å². The van der Waals surface area contributed by atoms with Gasteiger partial charge in [0.05, 0.1) is 11.2 Å². The summed E-state index contributed by atoms with van der Waals surface area (Å²) >= 11 is 1.46. The SMILES string of the molecule is Cl.NC1(C(=O)Nc2nc(-c3ccc4c(c3)CCCC4)cs2)CC1. The van der Waals surface area contributed by atoms with Crippen LogP contribution in [0, 0.1) is 0 Å². The minimum Gasteiger partial charge on any atom is -0.317 e. The van der Waals surface area contributed by atoms with E-state index in [1.54, 1.807) is 0 Å². The van der Waals surface area contributed by atoms with E-state index in [0.29, 0.717) is 5.13 Å². The molecule has 23 heavy (non-hydrogen) atoms. The first-order chi connectivity index (χ1) is 10.6. The molecular formula is C17H20ClN3OS. The number of benzene rings is 1. The number of hydrogen-bond acceptors (Lipinski definition) is 4. The first-order valence-electron chi connectivity index (χ1n) is 7.82. The third-order valence-corrected chi connectivity index (χ3v) is 5.37. The van der Waals surface area contributed by atoms with Crippen LogP contribution < -0.4 is 11.1 Å². The number of carbonyl (C=O) groups excluding carboxylic acids is 1. The number of aromatic nitrogens is 1. The van der Waals surface area contributed by atoms with Crippen LogP contribution in [0.1, 0.15) is 36.8 Å². The highest BCUT2D eigenvalue weighted by molar-refractivity contribution is 7.14. The molecule has 0 atom stereocenters. The van der Waals surface area contributed by atoms with Gasteiger partial charge in [-0.1, -0.05) is 12.1 Å². The van der Waals surface area contributed by atoms with Gasteiger partial charge in [0.1, 0.15) is 0 Å². The van der Waals surface area contributed by atoms with Crippen LogP contribution in [0.3, 0.4) is 0 Å². The van der Waals surface area contributed by atoms with E-state index in [-0.39, 0.29) is 18.3 Å². The van der Waals surface area contributed by atoms with Gasteiger partial charge in [-0.3, -0.25) is 4.79 Å². The molecule has 122 valence electrons. The van der Waals surface area contributed by atoms with E-state index in [1.165, 1.54) is 41.7 Å². The lowest BCUT2D eigenvalue weighted by Gasteiger charge is -2.16. The second-order valence-corrected chi connectivity index (χ2v) is 7.20. The molecule has 0 saturated heterocycles. The van der Waals surface area contributed by atoms with Crippen molar-refractivity contribution in [2.75, 3.05) is 5.32 Å². The Balaban J connectivity index is 0.00000156. The van der Waals surface area contributed by atoms with Gasteiger partial charge in [-0.2, -0.15) is 0 Å². The Morgan fingerprint density at radius 2 is 1.96 bits per heavy atom. The summed E-state index contributed by atoms with van der Waals surface area (Å²) in [6, 6.07) is 6.61. The Hall–Kier alpha value is -1.43. The number of nitrogens with zero attached hydrogens (tertiary/aromatic N) is 1. The third-order valence-electron chi connectivity index (χ3n) is 4.61. The van der Waals surface area contributed by atoms with Crippen molar-refractivity contribution in [2.45, 2.75) is 44.1 Å². The quantitative estimate of drug-likeness (QED) is 0.890. The number of carbonyl (C=O) groups is 1. The summed E-state index contributed by atoms with van der Waals surface area (Å²) in [5.74, 6) is -0.112. The first-order valence-corrected chi connectivity index (χ1v) is 8.70. The van der Waals surface area contributed by atoms with Gasteiger partial charge in [0, 0.05) is 10.9 Å². The van der Waals surface area contributed by atoms with Crippen molar-refractivity contribution in [1.82, 2.24) is 4.98 Å². The van der Waals surface area contributed by atoms with Gasteiger partial charge in [0.15, 0.2) is 5.13 Å². The number of nitrogens with one attached hydrogen (secondary N) is 1. The van der Waals surface area contributed by atoms with Gasteiger partial charge >= 0.3 is 0 Å². The van der Waals surface area contributed by atoms with Crippen LogP contribution in [0.2, 0.25) is 0 Å². The number of nitrogens with two attached hydrogens (primary N) is 1. The second-order valence-electron chi connectivity index (χ2n) is 6.34. The van der Waals surface area contributed by atoms with Gasteiger partial charge in [-0.15, -0.1) is 23.7 Å². The average molecular weight is 350 g/mol. The van der Waals surface area contributed by atoms with E-state index in [2.05, 4.69) is 28.5 Å². The third kappa shape index (κ3) is 3.27. The highest BCUT2D eigenvalue weighted by Crippen LogP contribution is 2.34. The van der Waals surface area contributed by atoms with Crippen molar-refractivity contribution in [3.8, 4) is 11.3 Å². The lowest BCUT2D eigenvalue weighted by atomic mass is 9.90. The van der Waals surface area contributed by atoms with Crippen molar-refractivity contribution in [3.63, 3.8) is 0 Å². The molecule has 1 fully saturated rings. The summed E-state index contributed by atoms with van der Waals surface area (Å²) in [5.41, 5.74) is 10.2. The molecule has 3 N–H and O–H groups in total. The molecular weight excluding hydrogens is 330 g/mol. The zero-order valence-electron chi connectivity index (χ0n) is 12.8. The molecule has 0 unspecified atom stereocenters. The van der Waals surface area contributed by atoms with E-state index in [4.69, 9.17) is 5.73 Å². The first kappa shape index (κ1) is 16.4. The molecule has 1 aromatic carbocycles. The summed E-state index contributed by atoms with van der Waals surface area (Å²) < 4.78 is 0. The summed E-state index contributed by atoms with van der Waals surface area (Å²) in [5, 5.41) is 5.47. The number of rotatable bonds is 3. The lowest BCUT2D eigenvalue weighted by Crippen LogP contribution is -2.37. The summed E-state index contributed by atoms with van der Waals surface area (Å²) in [6.45, 7) is 0. The molecule has 1 amide bonds. The molecule has 2 aliphatic carbocycles. The molecule has 0 radical (unpaired) electrons. The fourth-order valence-electron chi connectivity index (χ4n) is 2.94. The zero-order chi connectivity index (χ0) is 15.2. The number of halogens is 1. The summed E-state index contributed by atoms with van der Waals surface area (Å²) in [6.07, 6.45) is 6.44. The number of amides is 1. The fourth-order valence-corrected chi connectivity index (χ4v) is 3.65. The molecule has 6 heteroatoms. The molecule has 0 aliphatic heterocycles. The highest BCUT2D eigenvalue weighted by Gasteiger charge is 2.46. The maximum absolute atomic E-state index is 12.0. The van der Waals surface area contributed by atoms with Gasteiger partial charge in [-0.25, -0.2) is 4.98 Å². The van der Waals surface area contributed by atoms with Crippen LogP contribution >= 0.6 is 23.7 Å². The van der Waals surface area contributed by atoms with Crippen molar-refractivity contribution in [3.05, 3.63) is 34.7 Å². The molecule has 1 heterocycles. The van der Waals surface area contributed by atoms with E-state index in [0.717, 1.165) is 30.5 Å². The van der Waals surface area contributed by atoms with E-state index >= 15 is 0 Å². The Morgan fingerprint density at radius 3 is 2.70 bits per heavy atom. The van der Waals surface area contributed by atoms with Crippen LogP contribution in [0.5, 0.6) is 0 Å². The van der Waals surface area contributed by atoms with Crippen LogP contribution in [-0.2, 0) is 17.6 Å². The molecule has 2 aromatic rings. The normalized spacial score (nSPS) is 17.8. The molecule has 4 nitrogen and oxygen atoms in total. The van der Waals surface area contributed by atoms with Crippen molar-refractivity contribution in [2.24, 2.45) is 5.73 Å². The van der Waals surface area contributed by atoms with Crippen LogP contribution in [-0.4, -0.2) is 16.4 Å².